The highest BCUT2D eigenvalue weighted by molar-refractivity contribution is 8.00. The highest BCUT2D eigenvalue weighted by atomic mass is 32.2. The van der Waals surface area contributed by atoms with Crippen LogP contribution in [0.1, 0.15) is 23.1 Å². The number of benzene rings is 1. The lowest BCUT2D eigenvalue weighted by atomic mass is 10.0. The maximum absolute atomic E-state index is 12.9. The highest BCUT2D eigenvalue weighted by Crippen LogP contribution is 2.44. The van der Waals surface area contributed by atoms with Crippen LogP contribution in [0.25, 0.3) is 0 Å². The molecule has 0 bridgehead atoms. The minimum Gasteiger partial charge on any atom is -0.481 e. The van der Waals surface area contributed by atoms with E-state index in [0.29, 0.717) is 0 Å². The Morgan fingerprint density at radius 3 is 2.40 bits per heavy atom. The number of hydrogen-bond donors (Lipinski definition) is 1. The third-order valence-corrected chi connectivity index (χ3v) is 3.09. The number of carboxylic acid groups (broad SMARTS) is 1. The van der Waals surface area contributed by atoms with Gasteiger partial charge in [0.05, 0.1) is 18.1 Å². The smallest absolute Gasteiger partial charge is 0.446 e. The van der Waals surface area contributed by atoms with Gasteiger partial charge < -0.3 is 5.11 Å². The molecule has 0 unspecified atom stereocenters. The minimum absolute atomic E-state index is 0.408. The third kappa shape index (κ3) is 4.09. The van der Waals surface area contributed by atoms with Crippen LogP contribution in [0.2, 0.25) is 0 Å². The van der Waals surface area contributed by atoms with Crippen LogP contribution in [0.4, 0.5) is 22.0 Å². The Bertz CT molecular complexity index is 565. The molecule has 108 valence electrons. The molecule has 0 saturated carbocycles. The van der Waals surface area contributed by atoms with Gasteiger partial charge in [0.2, 0.25) is 0 Å². The molecule has 0 radical (unpaired) electrons. The molecule has 1 aromatic carbocycles. The number of hydrogen-bond acceptors (Lipinski definition) is 3. The Hall–Kier alpha value is -1.82. The lowest BCUT2D eigenvalue weighted by Gasteiger charge is -2.15. The predicted octanol–water partition coefficient (Wildman–Crippen LogP) is 3.73. The van der Waals surface area contributed by atoms with E-state index < -0.39 is 57.7 Å². The number of alkyl halides is 5. The first kappa shape index (κ1) is 16.2. The monoisotopic (exact) mass is 311 g/mol. The van der Waals surface area contributed by atoms with E-state index in [1.165, 1.54) is 6.07 Å². The van der Waals surface area contributed by atoms with Crippen molar-refractivity contribution in [1.29, 1.82) is 5.26 Å². The summed E-state index contributed by atoms with van der Waals surface area (Å²) in [5.74, 6) is -1.46. The zero-order chi connectivity index (χ0) is 15.5. The summed E-state index contributed by atoms with van der Waals surface area (Å²) in [6, 6.07) is 3.20. The second-order valence-electron chi connectivity index (χ2n) is 3.55. The maximum atomic E-state index is 12.9. The fourth-order valence-corrected chi connectivity index (χ4v) is 2.31. The third-order valence-electron chi connectivity index (χ3n) is 2.18. The van der Waals surface area contributed by atoms with Gasteiger partial charge in [-0.15, -0.1) is 0 Å². The van der Waals surface area contributed by atoms with Crippen LogP contribution < -0.4 is 0 Å². The number of halogens is 5. The van der Waals surface area contributed by atoms with E-state index in [9.17, 15) is 26.7 Å². The molecule has 0 aliphatic rings. The highest BCUT2D eigenvalue weighted by Gasteiger charge is 2.34. The molecule has 0 amide bonds. The topological polar surface area (TPSA) is 61.1 Å². The summed E-state index contributed by atoms with van der Waals surface area (Å²) in [7, 11) is 0. The van der Waals surface area contributed by atoms with E-state index in [1.54, 1.807) is 0 Å². The summed E-state index contributed by atoms with van der Waals surface area (Å²) in [5, 5.41) is 17.3. The summed E-state index contributed by atoms with van der Waals surface area (Å²) in [5.41, 5.74) is -6.98. The van der Waals surface area contributed by atoms with E-state index in [1.807, 2.05) is 0 Å². The summed E-state index contributed by atoms with van der Waals surface area (Å²) in [6.07, 6.45) is -4.16. The van der Waals surface area contributed by atoms with Gasteiger partial charge in [-0.05, 0) is 23.4 Å². The molecule has 0 atom stereocenters. The quantitative estimate of drug-likeness (QED) is 0.680. The molecule has 1 rings (SSSR count). The van der Waals surface area contributed by atoms with Gasteiger partial charge in [-0.3, -0.25) is 4.79 Å². The first-order valence-electron chi connectivity index (χ1n) is 4.97. The van der Waals surface area contributed by atoms with Crippen molar-refractivity contribution in [2.45, 2.75) is 23.3 Å². The van der Waals surface area contributed by atoms with Gasteiger partial charge in [0, 0.05) is 10.5 Å². The number of thioether (sulfide) groups is 1. The summed E-state index contributed by atoms with van der Waals surface area (Å²) in [4.78, 5) is 9.66. The molecule has 20 heavy (non-hydrogen) atoms. The van der Waals surface area contributed by atoms with Crippen LogP contribution in [-0.4, -0.2) is 16.6 Å². The second-order valence-corrected chi connectivity index (χ2v) is 4.62. The second kappa shape index (κ2) is 6.09. The lowest BCUT2D eigenvalue weighted by molar-refractivity contribution is -0.136. The molecule has 0 aliphatic heterocycles. The van der Waals surface area contributed by atoms with Crippen LogP contribution >= 0.6 is 11.8 Å². The predicted molar refractivity (Wildman–Crippen MR) is 59.4 cm³/mol. The average molecular weight is 311 g/mol. The Morgan fingerprint density at radius 2 is 2.00 bits per heavy atom. The molecule has 0 heterocycles. The van der Waals surface area contributed by atoms with Crippen molar-refractivity contribution < 1.29 is 31.9 Å². The van der Waals surface area contributed by atoms with Crippen LogP contribution in [-0.2, 0) is 11.2 Å². The molecule has 3 nitrogen and oxygen atoms in total. The zero-order valence-corrected chi connectivity index (χ0v) is 10.4. The first-order valence-corrected chi connectivity index (χ1v) is 5.79. The van der Waals surface area contributed by atoms with Crippen molar-refractivity contribution in [2.75, 3.05) is 0 Å². The first-order chi connectivity index (χ1) is 9.15. The van der Waals surface area contributed by atoms with Crippen LogP contribution in [0, 0.1) is 11.3 Å². The van der Waals surface area contributed by atoms with Crippen LogP contribution in [0.3, 0.4) is 0 Å². The van der Waals surface area contributed by atoms with Crippen molar-refractivity contribution in [1.82, 2.24) is 0 Å². The fraction of sp³-hybridized carbons (Fsp3) is 0.273. The van der Waals surface area contributed by atoms with Gasteiger partial charge in [-0.2, -0.15) is 18.4 Å². The number of rotatable bonds is 4. The molecular weight excluding hydrogens is 305 g/mol. The molecule has 1 N–H and O–H groups in total. The zero-order valence-electron chi connectivity index (χ0n) is 9.54. The minimum atomic E-state index is -4.87. The van der Waals surface area contributed by atoms with Crippen molar-refractivity contribution in [3.05, 3.63) is 28.8 Å². The maximum Gasteiger partial charge on any atom is 0.446 e. The van der Waals surface area contributed by atoms with Gasteiger partial charge in [0.1, 0.15) is 0 Å². The molecule has 0 saturated heterocycles. The van der Waals surface area contributed by atoms with Crippen LogP contribution in [0.15, 0.2) is 17.0 Å². The van der Waals surface area contributed by atoms with Gasteiger partial charge in [0.15, 0.2) is 0 Å². The number of nitriles is 1. The van der Waals surface area contributed by atoms with E-state index in [-0.39, 0.29) is 0 Å². The Balaban J connectivity index is 3.51. The number of carboxylic acids is 1. The standard InChI is InChI=1S/C11H6F5NO2S/c12-10(13)8-6(4-17)2-1-5(3-7(18)19)9(8)20-11(14,15)16/h1-2,10H,3H2,(H,18,19). The molecular formula is C11H6F5NO2S. The normalized spacial score (nSPS) is 11.4. The van der Waals surface area contributed by atoms with Crippen LogP contribution in [0.5, 0.6) is 0 Å². The van der Waals surface area contributed by atoms with Gasteiger partial charge in [-0.1, -0.05) is 6.07 Å². The number of carbonyl (C=O) groups is 1. The Morgan fingerprint density at radius 1 is 1.40 bits per heavy atom. The van der Waals surface area contributed by atoms with Crippen molar-refractivity contribution in [2.24, 2.45) is 0 Å². The summed E-state index contributed by atoms with van der Waals surface area (Å²) in [6.45, 7) is 0. The van der Waals surface area contributed by atoms with Gasteiger partial charge >= 0.3 is 11.5 Å². The molecule has 1 aromatic rings. The Kier molecular flexibility index (Phi) is 4.94. The molecule has 0 spiro atoms. The lowest BCUT2D eigenvalue weighted by Crippen LogP contribution is -2.09. The fourth-order valence-electron chi connectivity index (χ4n) is 1.50. The SMILES string of the molecule is N#Cc1ccc(CC(=O)O)c(SC(F)(F)F)c1C(F)F. The van der Waals surface area contributed by atoms with E-state index >= 15 is 0 Å². The van der Waals surface area contributed by atoms with Gasteiger partial charge in [0.25, 0.3) is 6.43 Å². The number of aliphatic carboxylic acids is 1. The van der Waals surface area contributed by atoms with Crippen molar-refractivity contribution in [3.8, 4) is 6.07 Å². The molecule has 9 heteroatoms. The molecule has 0 fully saturated rings. The summed E-state index contributed by atoms with van der Waals surface area (Å²) < 4.78 is 63.1. The van der Waals surface area contributed by atoms with Crippen molar-refractivity contribution >= 4 is 17.7 Å². The van der Waals surface area contributed by atoms with E-state index in [4.69, 9.17) is 10.4 Å². The Labute approximate surface area is 114 Å². The van der Waals surface area contributed by atoms with E-state index in [0.717, 1.165) is 12.1 Å². The number of nitrogens with zero attached hydrogens (tertiary/aromatic N) is 1. The van der Waals surface area contributed by atoms with E-state index in [2.05, 4.69) is 0 Å². The van der Waals surface area contributed by atoms with Gasteiger partial charge in [-0.25, -0.2) is 8.78 Å². The summed E-state index contributed by atoms with van der Waals surface area (Å²) >= 11 is -0.841. The van der Waals surface area contributed by atoms with Crippen molar-refractivity contribution in [3.63, 3.8) is 0 Å². The largest absolute Gasteiger partial charge is 0.481 e. The average Bonchev–Trinajstić information content (AvgIpc) is 2.27. The molecule has 0 aliphatic carbocycles. The molecule has 0 aromatic heterocycles.